The number of hydrogen-bond acceptors (Lipinski definition) is 5. The summed E-state index contributed by atoms with van der Waals surface area (Å²) in [6, 6.07) is 6.89. The lowest BCUT2D eigenvalue weighted by atomic mass is 10.1. The minimum atomic E-state index is -0.595. The SMILES string of the molecule is COc1ccc(F)cc1C(C)NCc1ccc([N+](=O)[O-])o1. The highest BCUT2D eigenvalue weighted by Gasteiger charge is 2.15. The van der Waals surface area contributed by atoms with Crippen LogP contribution in [0.25, 0.3) is 0 Å². The number of rotatable bonds is 6. The van der Waals surface area contributed by atoms with Crippen molar-refractivity contribution in [3.8, 4) is 5.75 Å². The summed E-state index contributed by atoms with van der Waals surface area (Å²) in [6.45, 7) is 2.13. The van der Waals surface area contributed by atoms with Crippen molar-refractivity contribution < 1.29 is 18.5 Å². The van der Waals surface area contributed by atoms with Crippen LogP contribution in [0.4, 0.5) is 10.3 Å². The summed E-state index contributed by atoms with van der Waals surface area (Å²) >= 11 is 0. The van der Waals surface area contributed by atoms with Gasteiger partial charge in [-0.2, -0.15) is 0 Å². The molecule has 0 amide bonds. The molecule has 1 aromatic carbocycles. The molecule has 0 saturated heterocycles. The summed E-state index contributed by atoms with van der Waals surface area (Å²) in [5, 5.41) is 13.6. The van der Waals surface area contributed by atoms with E-state index < -0.39 is 4.92 Å². The number of nitrogens with zero attached hydrogens (tertiary/aromatic N) is 1. The lowest BCUT2D eigenvalue weighted by Crippen LogP contribution is -2.18. The van der Waals surface area contributed by atoms with E-state index in [2.05, 4.69) is 5.32 Å². The molecule has 0 saturated carbocycles. The molecule has 21 heavy (non-hydrogen) atoms. The third kappa shape index (κ3) is 3.57. The molecule has 0 aliphatic carbocycles. The molecule has 1 unspecified atom stereocenters. The third-order valence-corrected chi connectivity index (χ3v) is 3.07. The zero-order chi connectivity index (χ0) is 15.4. The zero-order valence-corrected chi connectivity index (χ0v) is 11.6. The number of halogens is 1. The van der Waals surface area contributed by atoms with Crippen LogP contribution in [-0.2, 0) is 6.54 Å². The predicted octanol–water partition coefficient (Wildman–Crippen LogP) is 3.19. The average molecular weight is 294 g/mol. The lowest BCUT2D eigenvalue weighted by Gasteiger charge is -2.16. The fourth-order valence-electron chi connectivity index (χ4n) is 1.97. The summed E-state index contributed by atoms with van der Waals surface area (Å²) in [5.41, 5.74) is 0.665. The number of nitro groups is 1. The van der Waals surface area contributed by atoms with Gasteiger partial charge in [-0.3, -0.25) is 10.1 Å². The molecule has 7 heteroatoms. The molecule has 6 nitrogen and oxygen atoms in total. The number of furan rings is 1. The second-order valence-corrected chi connectivity index (χ2v) is 4.49. The van der Waals surface area contributed by atoms with E-state index in [1.807, 2.05) is 6.92 Å². The van der Waals surface area contributed by atoms with Crippen LogP contribution >= 0.6 is 0 Å². The van der Waals surface area contributed by atoms with Crippen molar-refractivity contribution in [2.75, 3.05) is 7.11 Å². The van der Waals surface area contributed by atoms with E-state index in [9.17, 15) is 14.5 Å². The molecule has 1 aromatic heterocycles. The first-order valence-corrected chi connectivity index (χ1v) is 6.31. The molecule has 0 aliphatic rings. The van der Waals surface area contributed by atoms with Gasteiger partial charge < -0.3 is 14.5 Å². The zero-order valence-electron chi connectivity index (χ0n) is 11.6. The maximum atomic E-state index is 13.3. The number of benzene rings is 1. The predicted molar refractivity (Wildman–Crippen MR) is 73.6 cm³/mol. The van der Waals surface area contributed by atoms with Gasteiger partial charge in [0.25, 0.3) is 0 Å². The van der Waals surface area contributed by atoms with E-state index in [0.29, 0.717) is 17.1 Å². The Hall–Kier alpha value is -2.41. The van der Waals surface area contributed by atoms with Crippen LogP contribution < -0.4 is 10.1 Å². The van der Waals surface area contributed by atoms with Gasteiger partial charge in [0.05, 0.1) is 19.7 Å². The van der Waals surface area contributed by atoms with Gasteiger partial charge in [-0.1, -0.05) is 0 Å². The molecular weight excluding hydrogens is 279 g/mol. The summed E-state index contributed by atoms with van der Waals surface area (Å²) < 4.78 is 23.6. The summed E-state index contributed by atoms with van der Waals surface area (Å²) in [7, 11) is 1.51. The highest BCUT2D eigenvalue weighted by molar-refractivity contribution is 5.36. The van der Waals surface area contributed by atoms with Crippen LogP contribution in [0.5, 0.6) is 5.75 Å². The molecule has 1 heterocycles. The van der Waals surface area contributed by atoms with E-state index in [4.69, 9.17) is 9.15 Å². The summed E-state index contributed by atoms with van der Waals surface area (Å²) in [6.07, 6.45) is 0. The Morgan fingerprint density at radius 3 is 2.81 bits per heavy atom. The second kappa shape index (κ2) is 6.36. The summed E-state index contributed by atoms with van der Waals surface area (Å²) in [4.78, 5) is 9.93. The topological polar surface area (TPSA) is 77.5 Å². The fraction of sp³-hybridized carbons (Fsp3) is 0.286. The van der Waals surface area contributed by atoms with E-state index >= 15 is 0 Å². The minimum Gasteiger partial charge on any atom is -0.496 e. The number of ether oxygens (including phenoxy) is 1. The van der Waals surface area contributed by atoms with Gasteiger partial charge in [-0.15, -0.1) is 0 Å². The molecular formula is C14H15FN2O4. The molecule has 1 atom stereocenters. The minimum absolute atomic E-state index is 0.209. The van der Waals surface area contributed by atoms with E-state index in [0.717, 1.165) is 0 Å². The monoisotopic (exact) mass is 294 g/mol. The van der Waals surface area contributed by atoms with Gasteiger partial charge in [-0.05, 0) is 31.2 Å². The molecule has 0 bridgehead atoms. The standard InChI is InChI=1S/C14H15FN2O4/c1-9(12-7-10(15)3-5-13(12)20-2)16-8-11-4-6-14(21-11)17(18)19/h3-7,9,16H,8H2,1-2H3. The van der Waals surface area contributed by atoms with Crippen molar-refractivity contribution in [1.82, 2.24) is 5.32 Å². The van der Waals surface area contributed by atoms with Crippen molar-refractivity contribution in [3.63, 3.8) is 0 Å². The van der Waals surface area contributed by atoms with Crippen LogP contribution in [0.1, 0.15) is 24.3 Å². The Labute approximate surface area is 120 Å². The van der Waals surface area contributed by atoms with Crippen LogP contribution in [0.2, 0.25) is 0 Å². The number of methoxy groups -OCH3 is 1. The Kier molecular flexibility index (Phi) is 4.54. The third-order valence-electron chi connectivity index (χ3n) is 3.07. The average Bonchev–Trinajstić information content (AvgIpc) is 2.94. The van der Waals surface area contributed by atoms with Crippen molar-refractivity contribution in [2.24, 2.45) is 0 Å². The second-order valence-electron chi connectivity index (χ2n) is 4.49. The highest BCUT2D eigenvalue weighted by atomic mass is 19.1. The molecule has 0 aliphatic heterocycles. The van der Waals surface area contributed by atoms with Gasteiger partial charge in [0.1, 0.15) is 22.3 Å². The smallest absolute Gasteiger partial charge is 0.433 e. The van der Waals surface area contributed by atoms with Gasteiger partial charge in [0.2, 0.25) is 0 Å². The van der Waals surface area contributed by atoms with Gasteiger partial charge in [-0.25, -0.2) is 4.39 Å². The Bertz CT molecular complexity index is 642. The van der Waals surface area contributed by atoms with Crippen LogP contribution in [0.3, 0.4) is 0 Å². The van der Waals surface area contributed by atoms with Crippen LogP contribution in [0, 0.1) is 15.9 Å². The summed E-state index contributed by atoms with van der Waals surface area (Å²) in [5.74, 6) is 0.349. The normalized spacial score (nSPS) is 12.1. The Morgan fingerprint density at radius 1 is 1.43 bits per heavy atom. The number of nitrogens with one attached hydrogen (secondary N) is 1. The maximum Gasteiger partial charge on any atom is 0.433 e. The van der Waals surface area contributed by atoms with Crippen LogP contribution in [-0.4, -0.2) is 12.0 Å². The van der Waals surface area contributed by atoms with E-state index in [1.165, 1.54) is 31.4 Å². The van der Waals surface area contributed by atoms with Crippen LogP contribution in [0.15, 0.2) is 34.7 Å². The maximum absolute atomic E-state index is 13.3. The first-order valence-electron chi connectivity index (χ1n) is 6.31. The first-order chi connectivity index (χ1) is 10.0. The number of hydrogen-bond donors (Lipinski definition) is 1. The molecule has 0 fully saturated rings. The molecule has 0 spiro atoms. The Balaban J connectivity index is 2.05. The van der Waals surface area contributed by atoms with Crippen molar-refractivity contribution in [1.29, 1.82) is 0 Å². The first kappa shape index (κ1) is 15.0. The Morgan fingerprint density at radius 2 is 2.19 bits per heavy atom. The van der Waals surface area contributed by atoms with Gasteiger partial charge in [0, 0.05) is 11.6 Å². The lowest BCUT2D eigenvalue weighted by molar-refractivity contribution is -0.402. The molecule has 0 radical (unpaired) electrons. The molecule has 2 rings (SSSR count). The van der Waals surface area contributed by atoms with Crippen molar-refractivity contribution in [2.45, 2.75) is 19.5 Å². The molecule has 2 aromatic rings. The highest BCUT2D eigenvalue weighted by Crippen LogP contribution is 2.26. The largest absolute Gasteiger partial charge is 0.496 e. The van der Waals surface area contributed by atoms with E-state index in [-0.39, 0.29) is 24.3 Å². The van der Waals surface area contributed by atoms with Crippen molar-refractivity contribution >= 4 is 5.88 Å². The quantitative estimate of drug-likeness (QED) is 0.654. The van der Waals surface area contributed by atoms with Gasteiger partial charge >= 0.3 is 5.88 Å². The fourth-order valence-corrected chi connectivity index (χ4v) is 1.97. The molecule has 112 valence electrons. The van der Waals surface area contributed by atoms with Crippen molar-refractivity contribution in [3.05, 3.63) is 57.6 Å². The van der Waals surface area contributed by atoms with E-state index in [1.54, 1.807) is 6.07 Å². The molecule has 1 N–H and O–H groups in total. The van der Waals surface area contributed by atoms with Gasteiger partial charge in [0.15, 0.2) is 0 Å².